The first-order chi connectivity index (χ1) is 7.42. The SMILES string of the molecule is CC(C)(C)OC(=O)N1CCC(CN)C2CC21. The van der Waals surface area contributed by atoms with Crippen molar-refractivity contribution in [3.8, 4) is 0 Å². The van der Waals surface area contributed by atoms with Crippen LogP contribution in [0.15, 0.2) is 0 Å². The molecule has 1 amide bonds. The van der Waals surface area contributed by atoms with Crippen LogP contribution in [0, 0.1) is 11.8 Å². The lowest BCUT2D eigenvalue weighted by atomic mass is 9.96. The van der Waals surface area contributed by atoms with Gasteiger partial charge in [0.15, 0.2) is 0 Å². The molecule has 2 fully saturated rings. The lowest BCUT2D eigenvalue weighted by Crippen LogP contribution is -2.44. The van der Waals surface area contributed by atoms with Gasteiger partial charge in [0.25, 0.3) is 0 Å². The Hall–Kier alpha value is -0.770. The van der Waals surface area contributed by atoms with Gasteiger partial charge in [-0.05, 0) is 52.0 Å². The van der Waals surface area contributed by atoms with Crippen LogP contribution in [-0.4, -0.2) is 35.7 Å². The fourth-order valence-electron chi connectivity index (χ4n) is 2.59. The number of carbonyl (C=O) groups excluding carboxylic acids is 1. The van der Waals surface area contributed by atoms with Crippen molar-refractivity contribution in [1.29, 1.82) is 0 Å². The molecule has 2 aliphatic rings. The number of hydrogen-bond acceptors (Lipinski definition) is 3. The molecule has 3 atom stereocenters. The second kappa shape index (κ2) is 3.91. The van der Waals surface area contributed by atoms with Crippen molar-refractivity contribution >= 4 is 6.09 Å². The summed E-state index contributed by atoms with van der Waals surface area (Å²) in [7, 11) is 0. The van der Waals surface area contributed by atoms with E-state index in [9.17, 15) is 4.79 Å². The first-order valence-corrected chi connectivity index (χ1v) is 6.12. The predicted octanol–water partition coefficient (Wildman–Crippen LogP) is 1.59. The molecule has 16 heavy (non-hydrogen) atoms. The van der Waals surface area contributed by atoms with E-state index >= 15 is 0 Å². The first kappa shape index (κ1) is 11.7. The summed E-state index contributed by atoms with van der Waals surface area (Å²) in [6, 6.07) is 0.400. The molecule has 3 unspecified atom stereocenters. The monoisotopic (exact) mass is 226 g/mol. The molecule has 0 aromatic carbocycles. The predicted molar refractivity (Wildman–Crippen MR) is 62.0 cm³/mol. The van der Waals surface area contributed by atoms with Gasteiger partial charge in [0.05, 0.1) is 0 Å². The molecule has 1 aliphatic heterocycles. The number of carbonyl (C=O) groups is 1. The Labute approximate surface area is 97.1 Å². The Bertz CT molecular complexity index is 285. The number of nitrogens with two attached hydrogens (primary N) is 1. The third-order valence-electron chi connectivity index (χ3n) is 3.48. The highest BCUT2D eigenvalue weighted by molar-refractivity contribution is 5.69. The van der Waals surface area contributed by atoms with Gasteiger partial charge in [-0.2, -0.15) is 0 Å². The van der Waals surface area contributed by atoms with Gasteiger partial charge in [-0.1, -0.05) is 0 Å². The molecule has 0 spiro atoms. The maximum absolute atomic E-state index is 11.9. The van der Waals surface area contributed by atoms with E-state index in [1.54, 1.807) is 0 Å². The first-order valence-electron chi connectivity index (χ1n) is 6.12. The van der Waals surface area contributed by atoms with Gasteiger partial charge in [0, 0.05) is 12.6 Å². The van der Waals surface area contributed by atoms with Crippen molar-refractivity contribution < 1.29 is 9.53 Å². The fraction of sp³-hybridized carbons (Fsp3) is 0.917. The molecule has 1 saturated heterocycles. The van der Waals surface area contributed by atoms with Gasteiger partial charge in [-0.25, -0.2) is 4.79 Å². The number of ether oxygens (including phenoxy) is 1. The molecular formula is C12H22N2O2. The summed E-state index contributed by atoms with van der Waals surface area (Å²) < 4.78 is 5.40. The molecule has 2 N–H and O–H groups in total. The molecule has 1 saturated carbocycles. The Kier molecular flexibility index (Phi) is 2.86. The molecule has 1 aliphatic carbocycles. The summed E-state index contributed by atoms with van der Waals surface area (Å²) in [5, 5.41) is 0. The van der Waals surface area contributed by atoms with Gasteiger partial charge in [-0.3, -0.25) is 0 Å². The summed E-state index contributed by atoms with van der Waals surface area (Å²) in [5.74, 6) is 1.25. The van der Waals surface area contributed by atoms with Crippen LogP contribution in [0.2, 0.25) is 0 Å². The number of nitrogens with zero attached hydrogens (tertiary/aromatic N) is 1. The van der Waals surface area contributed by atoms with Crippen molar-refractivity contribution in [3.63, 3.8) is 0 Å². The Morgan fingerprint density at radius 3 is 2.75 bits per heavy atom. The van der Waals surface area contributed by atoms with Crippen LogP contribution in [-0.2, 0) is 4.74 Å². The van der Waals surface area contributed by atoms with Crippen LogP contribution in [0.25, 0.3) is 0 Å². The van der Waals surface area contributed by atoms with E-state index in [0.29, 0.717) is 17.9 Å². The molecule has 92 valence electrons. The number of fused-ring (bicyclic) bond motifs is 1. The van der Waals surface area contributed by atoms with Gasteiger partial charge >= 0.3 is 6.09 Å². The minimum Gasteiger partial charge on any atom is -0.444 e. The number of likely N-dealkylation sites (tertiary alicyclic amines) is 1. The van der Waals surface area contributed by atoms with Crippen LogP contribution in [0.5, 0.6) is 0 Å². The molecule has 1 heterocycles. The van der Waals surface area contributed by atoms with Crippen LogP contribution in [0.4, 0.5) is 4.79 Å². The highest BCUT2D eigenvalue weighted by Gasteiger charge is 2.51. The molecule has 0 radical (unpaired) electrons. The summed E-state index contributed by atoms with van der Waals surface area (Å²) in [5.41, 5.74) is 5.31. The van der Waals surface area contributed by atoms with Gasteiger partial charge in [0.2, 0.25) is 0 Å². The van der Waals surface area contributed by atoms with Gasteiger partial charge in [0.1, 0.15) is 5.60 Å². The van der Waals surface area contributed by atoms with Crippen LogP contribution in [0.3, 0.4) is 0 Å². The third-order valence-corrected chi connectivity index (χ3v) is 3.48. The van der Waals surface area contributed by atoms with E-state index in [4.69, 9.17) is 10.5 Å². The van der Waals surface area contributed by atoms with E-state index in [0.717, 1.165) is 25.9 Å². The van der Waals surface area contributed by atoms with E-state index in [2.05, 4.69) is 0 Å². The Balaban J connectivity index is 1.91. The number of hydrogen-bond donors (Lipinski definition) is 1. The number of piperidine rings is 1. The van der Waals surface area contributed by atoms with Crippen molar-refractivity contribution in [2.24, 2.45) is 17.6 Å². The molecule has 4 heteroatoms. The van der Waals surface area contributed by atoms with Crippen LogP contribution in [0.1, 0.15) is 33.6 Å². The molecule has 0 bridgehead atoms. The molecule has 0 aromatic rings. The molecule has 4 nitrogen and oxygen atoms in total. The fourth-order valence-corrected chi connectivity index (χ4v) is 2.59. The van der Waals surface area contributed by atoms with E-state index < -0.39 is 5.60 Å². The van der Waals surface area contributed by atoms with Gasteiger partial charge in [-0.15, -0.1) is 0 Å². The number of rotatable bonds is 1. The molecule has 2 rings (SSSR count). The second-order valence-corrected chi connectivity index (χ2v) is 5.93. The molecule has 0 aromatic heterocycles. The highest BCUT2D eigenvalue weighted by atomic mass is 16.6. The zero-order valence-corrected chi connectivity index (χ0v) is 10.4. The Morgan fingerprint density at radius 2 is 2.19 bits per heavy atom. The highest BCUT2D eigenvalue weighted by Crippen LogP contribution is 2.46. The van der Waals surface area contributed by atoms with E-state index in [1.165, 1.54) is 0 Å². The van der Waals surface area contributed by atoms with E-state index in [-0.39, 0.29) is 6.09 Å². The summed E-state index contributed by atoms with van der Waals surface area (Å²) in [4.78, 5) is 13.8. The van der Waals surface area contributed by atoms with Crippen LogP contribution < -0.4 is 5.73 Å². The average Bonchev–Trinajstić information content (AvgIpc) is 2.92. The molecular weight excluding hydrogens is 204 g/mol. The van der Waals surface area contributed by atoms with E-state index in [1.807, 2.05) is 25.7 Å². The standard InChI is InChI=1S/C12H22N2O2/c1-12(2,3)16-11(15)14-5-4-8(7-13)9-6-10(9)14/h8-10H,4-7,13H2,1-3H3. The minimum atomic E-state index is -0.397. The lowest BCUT2D eigenvalue weighted by Gasteiger charge is -2.32. The zero-order chi connectivity index (χ0) is 11.9. The summed E-state index contributed by atoms with van der Waals surface area (Å²) in [6.45, 7) is 7.27. The van der Waals surface area contributed by atoms with Gasteiger partial charge < -0.3 is 15.4 Å². The maximum Gasteiger partial charge on any atom is 0.410 e. The van der Waals surface area contributed by atoms with Crippen molar-refractivity contribution in [2.45, 2.75) is 45.3 Å². The summed E-state index contributed by atoms with van der Waals surface area (Å²) in [6.07, 6.45) is 1.98. The largest absolute Gasteiger partial charge is 0.444 e. The van der Waals surface area contributed by atoms with Crippen molar-refractivity contribution in [1.82, 2.24) is 4.90 Å². The van der Waals surface area contributed by atoms with Crippen molar-refractivity contribution in [3.05, 3.63) is 0 Å². The minimum absolute atomic E-state index is 0.157. The smallest absolute Gasteiger partial charge is 0.410 e. The normalized spacial score (nSPS) is 33.2. The average molecular weight is 226 g/mol. The lowest BCUT2D eigenvalue weighted by molar-refractivity contribution is 0.0166. The zero-order valence-electron chi connectivity index (χ0n) is 10.4. The quantitative estimate of drug-likeness (QED) is 0.738. The second-order valence-electron chi connectivity index (χ2n) is 5.93. The number of amides is 1. The summed E-state index contributed by atoms with van der Waals surface area (Å²) >= 11 is 0. The van der Waals surface area contributed by atoms with Crippen molar-refractivity contribution in [2.75, 3.05) is 13.1 Å². The third kappa shape index (κ3) is 2.32. The van der Waals surface area contributed by atoms with Crippen LogP contribution >= 0.6 is 0 Å². The topological polar surface area (TPSA) is 55.6 Å². The Morgan fingerprint density at radius 1 is 1.50 bits per heavy atom. The maximum atomic E-state index is 11.9.